The Bertz CT molecular complexity index is 1370. The van der Waals surface area contributed by atoms with Crippen LogP contribution < -0.4 is 0 Å². The molecule has 0 N–H and O–H groups in total. The molecule has 2 aliphatic carbocycles. The van der Waals surface area contributed by atoms with E-state index in [0.717, 1.165) is 7.25 Å². The number of fused-ring (bicyclic) bond motifs is 2. The fourth-order valence-electron chi connectivity index (χ4n) is 5.03. The summed E-state index contributed by atoms with van der Waals surface area (Å²) in [7, 11) is 0.417. The van der Waals surface area contributed by atoms with Crippen LogP contribution in [0.1, 0.15) is 54.5 Å². The van der Waals surface area contributed by atoms with E-state index in [-0.39, 0.29) is 0 Å². The summed E-state index contributed by atoms with van der Waals surface area (Å²) in [6.07, 6.45) is 13.1. The van der Waals surface area contributed by atoms with E-state index in [1.807, 2.05) is 36.4 Å². The van der Waals surface area contributed by atoms with Crippen LogP contribution >= 0.6 is 0 Å². The van der Waals surface area contributed by atoms with Gasteiger partial charge in [-0.3, -0.25) is 0 Å². The van der Waals surface area contributed by atoms with E-state index in [1.54, 1.807) is 22.3 Å². The van der Waals surface area contributed by atoms with E-state index in [2.05, 4.69) is 136 Å². The minimum atomic E-state index is -0.616. The predicted octanol–water partition coefficient (Wildman–Crippen LogP) is 10.0. The smallest absolute Gasteiger partial charge is 0.0135 e. The minimum absolute atomic E-state index is 0.417. The van der Waals surface area contributed by atoms with Crippen molar-refractivity contribution in [2.75, 3.05) is 0 Å². The molecule has 6 rings (SSSR count). The van der Waals surface area contributed by atoms with E-state index in [1.165, 1.54) is 22.3 Å². The van der Waals surface area contributed by atoms with Gasteiger partial charge in [-0.15, -0.1) is 0 Å². The van der Waals surface area contributed by atoms with Gasteiger partial charge in [0.1, 0.15) is 0 Å². The number of benzene rings is 4. The van der Waals surface area contributed by atoms with Crippen molar-refractivity contribution in [3.8, 4) is 0 Å². The van der Waals surface area contributed by atoms with E-state index < -0.39 is 23.2 Å². The Kier molecular flexibility index (Phi) is 11.7. The van der Waals surface area contributed by atoms with Crippen LogP contribution in [-0.2, 0) is 23.2 Å². The minimum Gasteiger partial charge on any atom is -0.0750 e. The van der Waals surface area contributed by atoms with Crippen LogP contribution in [0.2, 0.25) is 13.1 Å². The van der Waals surface area contributed by atoms with E-state index in [4.69, 9.17) is 0 Å². The average molecular weight is 616 g/mol. The van der Waals surface area contributed by atoms with Gasteiger partial charge in [-0.1, -0.05) is 98.1 Å². The topological polar surface area (TPSA) is 0 Å². The van der Waals surface area contributed by atoms with Gasteiger partial charge < -0.3 is 0 Å². The van der Waals surface area contributed by atoms with E-state index in [9.17, 15) is 0 Å². The van der Waals surface area contributed by atoms with Crippen molar-refractivity contribution >= 4 is 33.8 Å². The van der Waals surface area contributed by atoms with Crippen LogP contribution in [0.3, 0.4) is 0 Å². The number of allylic oxidation sites excluding steroid dienone is 4. The first-order chi connectivity index (χ1) is 19.6. The summed E-state index contributed by atoms with van der Waals surface area (Å²) in [5.41, 5.74) is 11.7. The van der Waals surface area contributed by atoms with Crippen LogP contribution in [0.25, 0.3) is 24.3 Å². The third-order valence-electron chi connectivity index (χ3n) is 6.91. The van der Waals surface area contributed by atoms with Gasteiger partial charge in [-0.05, 0) is 11.1 Å². The molecule has 4 aromatic carbocycles. The second kappa shape index (κ2) is 15.7. The summed E-state index contributed by atoms with van der Waals surface area (Å²) in [6.45, 7) is 9.18. The molecule has 0 aliphatic heterocycles. The molecule has 4 aromatic rings. The zero-order chi connectivity index (χ0) is 28.2. The van der Waals surface area contributed by atoms with Gasteiger partial charge in [0.2, 0.25) is 0 Å². The molecule has 0 saturated heterocycles. The third-order valence-corrected chi connectivity index (χ3v) is 12.3. The standard InChI is InChI=1S/C16H14.2C10H9.C2H8Si.Zr/c1-3-9-15(10-4-1)13-7-8-14-16-11-5-2-6-12-16;2*1-8-6-9-4-2-3-5-10(9)7-8;1-3-2;/h1-14H;2*2-7H,1H3;3H2,1-2H3;. The Balaban J connectivity index is 0.000000174. The van der Waals surface area contributed by atoms with Crippen LogP contribution in [0.4, 0.5) is 0 Å². The molecule has 0 spiro atoms. The van der Waals surface area contributed by atoms with Gasteiger partial charge >= 0.3 is 138 Å². The van der Waals surface area contributed by atoms with Crippen molar-refractivity contribution in [2.24, 2.45) is 0 Å². The summed E-state index contributed by atoms with van der Waals surface area (Å²) in [5.74, 6) is 0. The van der Waals surface area contributed by atoms with Crippen LogP contribution in [0.5, 0.6) is 0 Å². The molecule has 0 bridgehead atoms. The molecule has 200 valence electrons. The second-order valence-corrected chi connectivity index (χ2v) is 15.4. The van der Waals surface area contributed by atoms with Crippen molar-refractivity contribution in [2.45, 2.75) is 34.2 Å². The zero-order valence-corrected chi connectivity index (χ0v) is 28.1. The van der Waals surface area contributed by atoms with Gasteiger partial charge in [0.25, 0.3) is 0 Å². The summed E-state index contributed by atoms with van der Waals surface area (Å²) in [6, 6.07) is 38.5. The number of rotatable bonds is 5. The maximum absolute atomic E-state index is 2.40. The Morgan fingerprint density at radius 1 is 0.525 bits per heavy atom. The van der Waals surface area contributed by atoms with E-state index in [0.29, 0.717) is 9.52 Å². The van der Waals surface area contributed by atoms with Crippen molar-refractivity contribution in [1.82, 2.24) is 0 Å². The Morgan fingerprint density at radius 3 is 1.27 bits per heavy atom. The van der Waals surface area contributed by atoms with Crippen molar-refractivity contribution in [3.05, 3.63) is 166 Å². The maximum Gasteiger partial charge on any atom is 0.0135 e. The molecule has 0 amide bonds. The molecule has 2 atom stereocenters. The molecule has 0 nitrogen and oxygen atoms in total. The first kappa shape index (κ1) is 29.9. The molecule has 0 aromatic heterocycles. The molecule has 2 heteroatoms. The summed E-state index contributed by atoms with van der Waals surface area (Å²) in [5, 5.41) is 0. The largest absolute Gasteiger partial charge is 0.0750 e. The zero-order valence-electron chi connectivity index (χ0n) is 24.2. The summed E-state index contributed by atoms with van der Waals surface area (Å²) in [4.78, 5) is 0. The Labute approximate surface area is 255 Å². The van der Waals surface area contributed by atoms with Crippen LogP contribution in [0, 0.1) is 0 Å². The van der Waals surface area contributed by atoms with Crippen molar-refractivity contribution in [1.29, 1.82) is 0 Å². The molecule has 0 heterocycles. The Morgan fingerprint density at radius 2 is 0.875 bits per heavy atom. The molecule has 2 unspecified atom stereocenters. The third kappa shape index (κ3) is 8.23. The maximum atomic E-state index is 2.40. The molecule has 0 fully saturated rings. The number of hydrogen-bond acceptors (Lipinski definition) is 0. The van der Waals surface area contributed by atoms with Gasteiger partial charge in [-0.25, -0.2) is 0 Å². The van der Waals surface area contributed by atoms with Crippen molar-refractivity contribution < 1.29 is 23.2 Å². The van der Waals surface area contributed by atoms with Crippen LogP contribution in [-0.4, -0.2) is 9.52 Å². The Hall–Kier alpha value is -3.06. The second-order valence-electron chi connectivity index (χ2n) is 10.3. The fraction of sp³-hybridized carbons (Fsp3) is 0.158. The normalized spacial score (nSPS) is 16.7. The van der Waals surface area contributed by atoms with Gasteiger partial charge in [0.05, 0.1) is 0 Å². The first-order valence-corrected chi connectivity index (χ1v) is 20.0. The average Bonchev–Trinajstić information content (AvgIpc) is 3.48. The molecular formula is C38H40SiZr. The first-order valence-electron chi connectivity index (χ1n) is 14.4. The predicted molar refractivity (Wildman–Crippen MR) is 177 cm³/mol. The van der Waals surface area contributed by atoms with Gasteiger partial charge in [0.15, 0.2) is 0 Å². The summed E-state index contributed by atoms with van der Waals surface area (Å²) < 4.78 is 1.48. The van der Waals surface area contributed by atoms with Crippen molar-refractivity contribution in [3.63, 3.8) is 0 Å². The molecule has 2 aliphatic rings. The fourth-order valence-corrected chi connectivity index (χ4v) is 9.73. The molecule has 0 radical (unpaired) electrons. The van der Waals surface area contributed by atoms with Gasteiger partial charge in [0, 0.05) is 9.52 Å². The number of hydrogen-bond donors (Lipinski definition) is 0. The van der Waals surface area contributed by atoms with Crippen LogP contribution in [0.15, 0.2) is 132 Å². The SMILES string of the molecule is C(C=Cc1ccccc1)=Cc1ccccc1.CC1=Cc2ccccc2[CH]1[Zr][CH]1C(C)=Cc2ccccc21.C[SiH2]C. The molecular weight excluding hydrogens is 576 g/mol. The monoisotopic (exact) mass is 614 g/mol. The molecule has 0 saturated carbocycles. The molecule has 40 heavy (non-hydrogen) atoms. The quantitative estimate of drug-likeness (QED) is 0.155. The summed E-state index contributed by atoms with van der Waals surface area (Å²) >= 11 is -0.616. The van der Waals surface area contributed by atoms with Gasteiger partial charge in [-0.2, -0.15) is 0 Å². The van der Waals surface area contributed by atoms with E-state index >= 15 is 0 Å².